The van der Waals surface area contributed by atoms with Gasteiger partial charge in [0.1, 0.15) is 19.2 Å². The molecule has 7 nitrogen and oxygen atoms in total. The summed E-state index contributed by atoms with van der Waals surface area (Å²) in [5, 5.41) is 10.7. The standard InChI is InChI=1S/C17H15F20NO6/c1-38(2,4-7(39)40)3-6(42-11(22,23)9(19)44-17(36,37)13(26,27)15(31,32)33)5-41-10(20,21)8(18)43-16(34,35)12(24,25)14(28,29)30/h6,8-9H,3-5H2,1-2H3. The molecule has 3 atom stereocenters. The quantitative estimate of drug-likeness (QED) is 0.163. The number of quaternary nitrogens is 1. The van der Waals surface area contributed by atoms with Crippen LogP contribution in [0.1, 0.15) is 0 Å². The molecule has 0 radical (unpaired) electrons. The van der Waals surface area contributed by atoms with Crippen molar-refractivity contribution in [2.75, 3.05) is 33.8 Å². The number of rotatable bonds is 17. The highest BCUT2D eigenvalue weighted by molar-refractivity contribution is 5.65. The molecule has 0 aliphatic rings. The fourth-order valence-electron chi connectivity index (χ4n) is 2.51. The highest BCUT2D eigenvalue weighted by atomic mass is 19.4. The Morgan fingerprint density at radius 1 is 0.636 bits per heavy atom. The minimum absolute atomic E-state index is 0.644. The molecule has 0 aromatic rings. The van der Waals surface area contributed by atoms with E-state index in [1.807, 2.05) is 0 Å². The van der Waals surface area contributed by atoms with Crippen LogP contribution in [0.15, 0.2) is 0 Å². The molecule has 0 bridgehead atoms. The third-order valence-electron chi connectivity index (χ3n) is 4.51. The summed E-state index contributed by atoms with van der Waals surface area (Å²) in [7, 11) is 1.29. The van der Waals surface area contributed by atoms with Gasteiger partial charge in [-0.1, -0.05) is 0 Å². The molecular weight excluding hydrogens is 694 g/mol. The summed E-state index contributed by atoms with van der Waals surface area (Å²) < 4.78 is 268. The number of halogens is 20. The lowest BCUT2D eigenvalue weighted by molar-refractivity contribution is -0.888. The summed E-state index contributed by atoms with van der Waals surface area (Å²) >= 11 is 0. The zero-order valence-electron chi connectivity index (χ0n) is 20.8. The fourth-order valence-corrected chi connectivity index (χ4v) is 2.51. The Morgan fingerprint density at radius 3 is 1.30 bits per heavy atom. The molecule has 0 spiro atoms. The Bertz CT molecular complexity index is 967. The second-order valence-electron chi connectivity index (χ2n) is 8.87. The molecule has 27 heteroatoms. The van der Waals surface area contributed by atoms with Gasteiger partial charge in [-0.05, 0) is 0 Å². The van der Waals surface area contributed by atoms with Gasteiger partial charge in [0.05, 0.1) is 26.7 Å². The molecule has 0 aromatic heterocycles. The van der Waals surface area contributed by atoms with E-state index in [2.05, 4.69) is 18.9 Å². The molecule has 264 valence electrons. The number of carbonyl (C=O) groups excluding carboxylic acids is 1. The topological polar surface area (TPSA) is 77.1 Å². The molecule has 0 saturated carbocycles. The lowest BCUT2D eigenvalue weighted by atomic mass is 10.3. The maximum atomic E-state index is 14.0. The van der Waals surface area contributed by atoms with Gasteiger partial charge in [0, 0.05) is 0 Å². The Morgan fingerprint density at radius 2 is 0.977 bits per heavy atom. The number of aliphatic carboxylic acids is 1. The van der Waals surface area contributed by atoms with Crippen molar-refractivity contribution >= 4 is 5.97 Å². The highest BCUT2D eigenvalue weighted by Crippen LogP contribution is 2.50. The second-order valence-corrected chi connectivity index (χ2v) is 8.87. The van der Waals surface area contributed by atoms with Crippen LogP contribution >= 0.6 is 0 Å². The maximum Gasteiger partial charge on any atom is 0.462 e. The van der Waals surface area contributed by atoms with E-state index in [9.17, 15) is 97.7 Å². The summed E-state index contributed by atoms with van der Waals surface area (Å²) in [6.07, 6.45) is -55.1. The Labute approximate surface area is 229 Å². The van der Waals surface area contributed by atoms with Gasteiger partial charge in [-0.2, -0.15) is 79.0 Å². The second kappa shape index (κ2) is 12.9. The van der Waals surface area contributed by atoms with Crippen LogP contribution in [-0.4, -0.2) is 112 Å². The Hall–Kier alpha value is -2.13. The van der Waals surface area contributed by atoms with Crippen molar-refractivity contribution in [2.24, 2.45) is 0 Å². The number of ether oxygens (including phenoxy) is 4. The first kappa shape index (κ1) is 41.9. The van der Waals surface area contributed by atoms with Crippen molar-refractivity contribution in [3.63, 3.8) is 0 Å². The van der Waals surface area contributed by atoms with Crippen LogP contribution in [0.25, 0.3) is 0 Å². The molecule has 0 aromatic carbocycles. The average Bonchev–Trinajstić information content (AvgIpc) is 2.73. The molecule has 0 aliphatic carbocycles. The minimum atomic E-state index is -7.36. The summed E-state index contributed by atoms with van der Waals surface area (Å²) in [5.41, 5.74) is 0. The number of likely N-dealkylation sites (N-methyl/N-ethyl adjacent to an activating group) is 1. The normalized spacial score (nSPS) is 17.4. The third kappa shape index (κ3) is 10.2. The van der Waals surface area contributed by atoms with Crippen molar-refractivity contribution in [3.05, 3.63) is 0 Å². The first-order valence-corrected chi connectivity index (χ1v) is 10.3. The predicted octanol–water partition coefficient (Wildman–Crippen LogP) is 4.61. The van der Waals surface area contributed by atoms with Crippen LogP contribution in [0.2, 0.25) is 0 Å². The first-order chi connectivity index (χ1) is 19.0. The number of carboxylic acids is 1. The van der Waals surface area contributed by atoms with Crippen LogP contribution in [0.5, 0.6) is 0 Å². The molecule has 0 rings (SSSR count). The number of hydrogen-bond donors (Lipinski definition) is 0. The van der Waals surface area contributed by atoms with E-state index < -0.39 is 97.6 Å². The smallest absolute Gasteiger partial charge is 0.462 e. The van der Waals surface area contributed by atoms with E-state index in [-0.39, 0.29) is 0 Å². The van der Waals surface area contributed by atoms with E-state index >= 15 is 0 Å². The average molecular weight is 709 g/mol. The molecule has 0 fully saturated rings. The van der Waals surface area contributed by atoms with Crippen molar-refractivity contribution in [2.45, 2.75) is 67.5 Å². The van der Waals surface area contributed by atoms with Crippen molar-refractivity contribution < 1.29 is 121 Å². The minimum Gasteiger partial charge on any atom is -0.544 e. The zero-order chi connectivity index (χ0) is 35.8. The molecule has 0 aliphatic heterocycles. The summed E-state index contributed by atoms with van der Waals surface area (Å²) in [6, 6.07) is 0. The van der Waals surface area contributed by atoms with Crippen LogP contribution in [0.4, 0.5) is 87.8 Å². The van der Waals surface area contributed by atoms with Crippen LogP contribution in [-0.2, 0) is 23.7 Å². The predicted molar refractivity (Wildman–Crippen MR) is 91.4 cm³/mol. The molecule has 0 N–H and O–H groups in total. The molecule has 44 heavy (non-hydrogen) atoms. The van der Waals surface area contributed by atoms with E-state index in [1.54, 1.807) is 0 Å². The van der Waals surface area contributed by atoms with E-state index in [0.717, 1.165) is 0 Å². The van der Waals surface area contributed by atoms with Gasteiger partial charge in [0.25, 0.3) is 12.7 Å². The largest absolute Gasteiger partial charge is 0.544 e. The first-order valence-electron chi connectivity index (χ1n) is 10.3. The van der Waals surface area contributed by atoms with Gasteiger partial charge >= 0.3 is 48.6 Å². The van der Waals surface area contributed by atoms with Gasteiger partial charge in [0.15, 0.2) is 0 Å². The maximum absolute atomic E-state index is 14.0. The third-order valence-corrected chi connectivity index (χ3v) is 4.51. The number of alkyl halides is 20. The molecule has 0 amide bonds. The van der Waals surface area contributed by atoms with Gasteiger partial charge in [-0.3, -0.25) is 9.47 Å². The van der Waals surface area contributed by atoms with Gasteiger partial charge in [-0.15, -0.1) is 0 Å². The molecular formula is C17H15F20NO6. The summed E-state index contributed by atoms with van der Waals surface area (Å²) in [4.78, 5) is 10.7. The van der Waals surface area contributed by atoms with Gasteiger partial charge in [-0.25, -0.2) is 8.78 Å². The lowest BCUT2D eigenvalue weighted by Crippen LogP contribution is -2.58. The fraction of sp³-hybridized carbons (Fsp3) is 0.941. The monoisotopic (exact) mass is 709 g/mol. The number of nitrogens with zero attached hydrogens (tertiary/aromatic N) is 1. The number of carbonyl (C=O) groups is 1. The summed E-state index contributed by atoms with van der Waals surface area (Å²) in [6.45, 7) is -5.51. The summed E-state index contributed by atoms with van der Waals surface area (Å²) in [5.74, 6) is -16.8. The molecule has 0 heterocycles. The van der Waals surface area contributed by atoms with Crippen LogP contribution in [0, 0.1) is 0 Å². The van der Waals surface area contributed by atoms with Crippen molar-refractivity contribution in [1.29, 1.82) is 0 Å². The zero-order valence-corrected chi connectivity index (χ0v) is 20.8. The van der Waals surface area contributed by atoms with Crippen molar-refractivity contribution in [1.82, 2.24) is 0 Å². The van der Waals surface area contributed by atoms with E-state index in [0.29, 0.717) is 14.1 Å². The Balaban J connectivity index is 6.12. The van der Waals surface area contributed by atoms with E-state index in [1.165, 1.54) is 0 Å². The van der Waals surface area contributed by atoms with E-state index in [4.69, 9.17) is 0 Å². The number of hydrogen-bond acceptors (Lipinski definition) is 6. The SMILES string of the molecule is C[N+](C)(CC(=O)[O-])CC(COC(F)(F)C(F)OC(F)(F)C(F)(F)C(F)(F)F)OC(F)(F)C(F)OC(F)(F)C(F)(F)C(F)(F)F. The lowest BCUT2D eigenvalue weighted by Gasteiger charge is -2.36. The van der Waals surface area contributed by atoms with Crippen LogP contribution < -0.4 is 5.11 Å². The van der Waals surface area contributed by atoms with Crippen LogP contribution in [0.3, 0.4) is 0 Å². The Kier molecular flexibility index (Phi) is 12.3. The molecule has 3 unspecified atom stereocenters. The van der Waals surface area contributed by atoms with Gasteiger partial charge < -0.3 is 23.9 Å². The molecule has 0 saturated heterocycles. The highest BCUT2D eigenvalue weighted by Gasteiger charge is 2.77. The number of carboxylic acid groups (broad SMARTS) is 1. The van der Waals surface area contributed by atoms with Gasteiger partial charge in [0.2, 0.25) is 0 Å². The van der Waals surface area contributed by atoms with Crippen molar-refractivity contribution in [3.8, 4) is 0 Å².